The van der Waals surface area contributed by atoms with E-state index in [1.807, 2.05) is 79.9 Å². The fourth-order valence-electron chi connectivity index (χ4n) is 3.60. The molecule has 0 unspecified atom stereocenters. The molecule has 2 heterocycles. The molecular weight excluding hydrogens is 468 g/mol. The number of carbonyl (C=O) groups is 2. The van der Waals surface area contributed by atoms with Gasteiger partial charge in [0.05, 0.1) is 21.3 Å². The average molecular weight is 493 g/mol. The van der Waals surface area contributed by atoms with Crippen LogP contribution in [0.2, 0.25) is 5.02 Å². The predicted molar refractivity (Wildman–Crippen MR) is 138 cm³/mol. The van der Waals surface area contributed by atoms with E-state index in [0.29, 0.717) is 33.6 Å². The van der Waals surface area contributed by atoms with Gasteiger partial charge in [-0.05, 0) is 29.5 Å². The van der Waals surface area contributed by atoms with Crippen LogP contribution >= 0.6 is 22.9 Å². The lowest BCUT2D eigenvalue weighted by molar-refractivity contribution is -0.117. The number of hydrogen-bond donors (Lipinski definition) is 1. The Balaban J connectivity index is 1.62. The van der Waals surface area contributed by atoms with E-state index in [9.17, 15) is 9.59 Å². The second-order valence-corrected chi connectivity index (χ2v) is 9.60. The van der Waals surface area contributed by atoms with Crippen LogP contribution in [0.25, 0.3) is 16.9 Å². The number of hydrogen-bond acceptors (Lipinski definition) is 4. The van der Waals surface area contributed by atoms with Gasteiger partial charge >= 0.3 is 0 Å². The molecule has 6 nitrogen and oxygen atoms in total. The minimum Gasteiger partial charge on any atom is -0.328 e. The average Bonchev–Trinajstić information content (AvgIpc) is 3.49. The van der Waals surface area contributed by atoms with Gasteiger partial charge < -0.3 is 10.2 Å². The van der Waals surface area contributed by atoms with Crippen LogP contribution in [0.4, 0.5) is 5.82 Å². The van der Waals surface area contributed by atoms with E-state index < -0.39 is 0 Å². The molecule has 2 amide bonds. The molecule has 0 saturated heterocycles. The second kappa shape index (κ2) is 10.7. The lowest BCUT2D eigenvalue weighted by atomic mass is 10.1. The third-order valence-electron chi connectivity index (χ3n) is 5.07. The lowest BCUT2D eigenvalue weighted by Gasteiger charge is -2.23. The van der Waals surface area contributed by atoms with Crippen molar-refractivity contribution >= 4 is 40.6 Å². The van der Waals surface area contributed by atoms with E-state index in [1.54, 1.807) is 21.7 Å². The minimum absolute atomic E-state index is 0.0662. The van der Waals surface area contributed by atoms with Gasteiger partial charge in [0.1, 0.15) is 12.4 Å². The zero-order valence-corrected chi connectivity index (χ0v) is 20.5. The van der Waals surface area contributed by atoms with Crippen LogP contribution in [0, 0.1) is 5.92 Å². The van der Waals surface area contributed by atoms with Gasteiger partial charge in [-0.1, -0.05) is 74.0 Å². The number of thiophene rings is 1. The van der Waals surface area contributed by atoms with Crippen molar-refractivity contribution in [2.45, 2.75) is 13.8 Å². The number of para-hydroxylation sites is 1. The number of rotatable bonds is 8. The van der Waals surface area contributed by atoms with Crippen LogP contribution < -0.4 is 5.32 Å². The topological polar surface area (TPSA) is 67.2 Å². The van der Waals surface area contributed by atoms with Gasteiger partial charge in [-0.15, -0.1) is 11.3 Å². The highest BCUT2D eigenvalue weighted by molar-refractivity contribution is 7.12. The van der Waals surface area contributed by atoms with Gasteiger partial charge in [0.25, 0.3) is 5.91 Å². The SMILES string of the molecule is CC(C)CN(CC(=O)Nc1cc(-c2ccccc2)nn1-c1ccccc1Cl)C(=O)c1cccs1. The van der Waals surface area contributed by atoms with E-state index in [1.165, 1.54) is 11.3 Å². The van der Waals surface area contributed by atoms with Gasteiger partial charge in [-0.3, -0.25) is 9.59 Å². The van der Waals surface area contributed by atoms with E-state index in [4.69, 9.17) is 16.7 Å². The molecule has 0 aliphatic carbocycles. The number of benzene rings is 2. The maximum atomic E-state index is 13.1. The maximum Gasteiger partial charge on any atom is 0.264 e. The van der Waals surface area contributed by atoms with Crippen molar-refractivity contribution in [1.82, 2.24) is 14.7 Å². The van der Waals surface area contributed by atoms with Crippen molar-refractivity contribution in [2.75, 3.05) is 18.4 Å². The first-order valence-corrected chi connectivity index (χ1v) is 12.2. The monoisotopic (exact) mass is 492 g/mol. The van der Waals surface area contributed by atoms with Crippen LogP contribution in [-0.4, -0.2) is 39.6 Å². The largest absolute Gasteiger partial charge is 0.328 e. The minimum atomic E-state index is -0.307. The fraction of sp³-hybridized carbons (Fsp3) is 0.192. The Bertz CT molecular complexity index is 1270. The zero-order chi connectivity index (χ0) is 24.1. The number of nitrogens with zero attached hydrogens (tertiary/aromatic N) is 3. The highest BCUT2D eigenvalue weighted by atomic mass is 35.5. The molecule has 0 spiro atoms. The molecule has 4 aromatic rings. The normalized spacial score (nSPS) is 10.9. The molecule has 0 atom stereocenters. The number of nitrogens with one attached hydrogen (secondary N) is 1. The summed E-state index contributed by atoms with van der Waals surface area (Å²) >= 11 is 7.81. The van der Waals surface area contributed by atoms with Gasteiger partial charge in [0.15, 0.2) is 0 Å². The highest BCUT2D eigenvalue weighted by Gasteiger charge is 2.22. The first-order chi connectivity index (χ1) is 16.4. The summed E-state index contributed by atoms with van der Waals surface area (Å²) in [6.07, 6.45) is 0. The summed E-state index contributed by atoms with van der Waals surface area (Å²) in [4.78, 5) is 28.3. The first-order valence-electron chi connectivity index (χ1n) is 11.0. The van der Waals surface area contributed by atoms with Crippen LogP contribution in [0.15, 0.2) is 78.2 Å². The Morgan fingerprint density at radius 1 is 1.06 bits per heavy atom. The summed E-state index contributed by atoms with van der Waals surface area (Å²) in [7, 11) is 0. The molecule has 0 aliphatic heterocycles. The molecule has 0 saturated carbocycles. The molecule has 0 fully saturated rings. The second-order valence-electron chi connectivity index (χ2n) is 8.25. The third-order valence-corrected chi connectivity index (χ3v) is 6.24. The Morgan fingerprint density at radius 3 is 2.47 bits per heavy atom. The van der Waals surface area contributed by atoms with E-state index in [-0.39, 0.29) is 24.3 Å². The quantitative estimate of drug-likeness (QED) is 0.328. The molecule has 34 heavy (non-hydrogen) atoms. The zero-order valence-electron chi connectivity index (χ0n) is 18.9. The molecule has 2 aromatic carbocycles. The smallest absolute Gasteiger partial charge is 0.264 e. The van der Waals surface area contributed by atoms with E-state index in [0.717, 1.165) is 5.56 Å². The van der Waals surface area contributed by atoms with Crippen molar-refractivity contribution in [3.05, 3.63) is 88.1 Å². The van der Waals surface area contributed by atoms with E-state index in [2.05, 4.69) is 5.32 Å². The lowest BCUT2D eigenvalue weighted by Crippen LogP contribution is -2.40. The molecule has 0 aliphatic rings. The van der Waals surface area contributed by atoms with Crippen LogP contribution in [-0.2, 0) is 4.79 Å². The van der Waals surface area contributed by atoms with Crippen molar-refractivity contribution < 1.29 is 9.59 Å². The molecule has 2 aromatic heterocycles. The summed E-state index contributed by atoms with van der Waals surface area (Å²) in [5, 5.41) is 10.0. The number of aromatic nitrogens is 2. The molecule has 174 valence electrons. The highest BCUT2D eigenvalue weighted by Crippen LogP contribution is 2.28. The first kappa shape index (κ1) is 23.7. The van der Waals surface area contributed by atoms with Crippen LogP contribution in [0.5, 0.6) is 0 Å². The van der Waals surface area contributed by atoms with Crippen molar-refractivity contribution in [3.63, 3.8) is 0 Å². The summed E-state index contributed by atoms with van der Waals surface area (Å²) in [5.41, 5.74) is 2.26. The van der Waals surface area contributed by atoms with Gasteiger partial charge in [-0.2, -0.15) is 5.10 Å². The third kappa shape index (κ3) is 5.55. The Kier molecular flexibility index (Phi) is 7.45. The number of anilines is 1. The summed E-state index contributed by atoms with van der Waals surface area (Å²) in [5.74, 6) is 0.238. The molecule has 8 heteroatoms. The van der Waals surface area contributed by atoms with Crippen molar-refractivity contribution in [3.8, 4) is 16.9 Å². The van der Waals surface area contributed by atoms with Gasteiger partial charge in [0.2, 0.25) is 5.91 Å². The molecular formula is C26H25ClN4O2S. The predicted octanol–water partition coefficient (Wildman–Crippen LogP) is 5.99. The summed E-state index contributed by atoms with van der Waals surface area (Å²) < 4.78 is 1.62. The van der Waals surface area contributed by atoms with Crippen LogP contribution in [0.1, 0.15) is 23.5 Å². The molecule has 0 bridgehead atoms. The number of amides is 2. The van der Waals surface area contributed by atoms with Crippen molar-refractivity contribution in [1.29, 1.82) is 0 Å². The molecule has 0 radical (unpaired) electrons. The Hall–Kier alpha value is -3.42. The van der Waals surface area contributed by atoms with Gasteiger partial charge in [-0.25, -0.2) is 4.68 Å². The van der Waals surface area contributed by atoms with Crippen LogP contribution in [0.3, 0.4) is 0 Å². The van der Waals surface area contributed by atoms with Crippen molar-refractivity contribution in [2.24, 2.45) is 5.92 Å². The molecule has 4 rings (SSSR count). The fourth-order valence-corrected chi connectivity index (χ4v) is 4.51. The Morgan fingerprint density at radius 2 is 1.79 bits per heavy atom. The number of carbonyl (C=O) groups excluding carboxylic acids is 2. The summed E-state index contributed by atoms with van der Waals surface area (Å²) in [6.45, 7) is 4.45. The van der Waals surface area contributed by atoms with Gasteiger partial charge in [0, 0.05) is 18.2 Å². The standard InChI is InChI=1S/C26H25ClN4O2S/c1-18(2)16-30(26(33)23-13-8-14-34-23)17-25(32)28-24-15-21(19-9-4-3-5-10-19)29-31(24)22-12-7-6-11-20(22)27/h3-15,18H,16-17H2,1-2H3,(H,28,32). The maximum absolute atomic E-state index is 13.1. The Labute approximate surface area is 207 Å². The molecule has 1 N–H and O–H groups in total. The number of halogens is 1. The van der Waals surface area contributed by atoms with E-state index >= 15 is 0 Å². The summed E-state index contributed by atoms with van der Waals surface area (Å²) in [6, 6.07) is 22.4.